The molecule has 1 unspecified atom stereocenters. The number of aromatic nitrogens is 3. The van der Waals surface area contributed by atoms with E-state index in [0.29, 0.717) is 0 Å². The van der Waals surface area contributed by atoms with Gasteiger partial charge in [0.15, 0.2) is 0 Å². The van der Waals surface area contributed by atoms with Gasteiger partial charge in [0, 0.05) is 19.6 Å². The Labute approximate surface area is 103 Å². The second-order valence-electron chi connectivity index (χ2n) is 5.17. The van der Waals surface area contributed by atoms with Gasteiger partial charge in [-0.05, 0) is 39.2 Å². The molecule has 17 heavy (non-hydrogen) atoms. The molecule has 0 spiro atoms. The highest BCUT2D eigenvalue weighted by molar-refractivity contribution is 4.95. The molecule has 1 saturated heterocycles. The van der Waals surface area contributed by atoms with Gasteiger partial charge in [0.1, 0.15) is 12.7 Å². The predicted octanol–water partition coefficient (Wildman–Crippen LogP) is 1.96. The average molecular weight is 234 g/mol. The molecule has 2 heterocycles. The first-order valence-electron chi connectivity index (χ1n) is 6.42. The summed E-state index contributed by atoms with van der Waals surface area (Å²) in [6, 6.07) is 0. The van der Waals surface area contributed by atoms with Gasteiger partial charge in [-0.3, -0.25) is 9.58 Å². The zero-order valence-electron chi connectivity index (χ0n) is 10.8. The highest BCUT2D eigenvalue weighted by Gasteiger charge is 2.19. The van der Waals surface area contributed by atoms with E-state index in [0.717, 1.165) is 19.0 Å². The van der Waals surface area contributed by atoms with Crippen LogP contribution in [0.1, 0.15) is 26.7 Å². The minimum Gasteiger partial charge on any atom is -0.299 e. The quantitative estimate of drug-likeness (QED) is 0.747. The van der Waals surface area contributed by atoms with Crippen LogP contribution in [0.25, 0.3) is 0 Å². The van der Waals surface area contributed by atoms with E-state index in [2.05, 4.69) is 34.9 Å². The highest BCUT2D eigenvalue weighted by atomic mass is 15.3. The predicted molar refractivity (Wildman–Crippen MR) is 68.6 cm³/mol. The van der Waals surface area contributed by atoms with Gasteiger partial charge in [-0.2, -0.15) is 5.10 Å². The Morgan fingerprint density at radius 2 is 2.35 bits per heavy atom. The van der Waals surface area contributed by atoms with Crippen LogP contribution in [0.3, 0.4) is 0 Å². The van der Waals surface area contributed by atoms with E-state index in [1.807, 2.05) is 11.0 Å². The Bertz CT molecular complexity index is 352. The van der Waals surface area contributed by atoms with Crippen molar-refractivity contribution < 1.29 is 0 Å². The number of piperidine rings is 1. The summed E-state index contributed by atoms with van der Waals surface area (Å²) in [5.41, 5.74) is 1.41. The molecule has 1 atom stereocenters. The normalized spacial score (nSPS) is 21.4. The molecule has 2 rings (SSSR count). The van der Waals surface area contributed by atoms with Gasteiger partial charge < -0.3 is 0 Å². The Morgan fingerprint density at radius 1 is 1.47 bits per heavy atom. The summed E-state index contributed by atoms with van der Waals surface area (Å²) >= 11 is 0. The van der Waals surface area contributed by atoms with Crippen LogP contribution < -0.4 is 0 Å². The largest absolute Gasteiger partial charge is 0.299 e. The third kappa shape index (κ3) is 3.97. The summed E-state index contributed by atoms with van der Waals surface area (Å²) < 4.78 is 1.95. The number of hydrogen-bond acceptors (Lipinski definition) is 3. The molecule has 0 aliphatic carbocycles. The number of hydrogen-bond donors (Lipinski definition) is 0. The summed E-state index contributed by atoms with van der Waals surface area (Å²) in [6.07, 6.45) is 8.36. The summed E-state index contributed by atoms with van der Waals surface area (Å²) in [5.74, 6) is 0.719. The molecule has 1 aromatic rings. The van der Waals surface area contributed by atoms with E-state index in [4.69, 9.17) is 0 Å². The monoisotopic (exact) mass is 234 g/mol. The molecule has 0 N–H and O–H groups in total. The molecule has 1 aliphatic rings. The van der Waals surface area contributed by atoms with Crippen molar-refractivity contribution in [2.24, 2.45) is 5.92 Å². The van der Waals surface area contributed by atoms with Crippen molar-refractivity contribution in [1.29, 1.82) is 0 Å². The second-order valence-corrected chi connectivity index (χ2v) is 5.17. The molecular formula is C13H22N4. The van der Waals surface area contributed by atoms with E-state index < -0.39 is 0 Å². The first-order valence-corrected chi connectivity index (χ1v) is 6.42. The van der Waals surface area contributed by atoms with Crippen molar-refractivity contribution in [3.8, 4) is 0 Å². The van der Waals surface area contributed by atoms with Crippen molar-refractivity contribution in [1.82, 2.24) is 19.7 Å². The SMILES string of the molecule is CC(C)=CCN1CCCC(Cn2cncn2)C1. The van der Waals surface area contributed by atoms with Crippen molar-refractivity contribution >= 4 is 0 Å². The molecule has 4 nitrogen and oxygen atoms in total. The average Bonchev–Trinajstić information content (AvgIpc) is 2.80. The van der Waals surface area contributed by atoms with Crippen molar-refractivity contribution in [3.63, 3.8) is 0 Å². The van der Waals surface area contributed by atoms with Gasteiger partial charge >= 0.3 is 0 Å². The van der Waals surface area contributed by atoms with Crippen molar-refractivity contribution in [2.75, 3.05) is 19.6 Å². The van der Waals surface area contributed by atoms with E-state index in [1.165, 1.54) is 31.5 Å². The molecule has 4 heteroatoms. The number of likely N-dealkylation sites (tertiary alicyclic amines) is 1. The van der Waals surface area contributed by atoms with Crippen LogP contribution in [-0.2, 0) is 6.54 Å². The van der Waals surface area contributed by atoms with Crippen LogP contribution in [0, 0.1) is 5.92 Å². The Morgan fingerprint density at radius 3 is 3.06 bits per heavy atom. The molecule has 0 radical (unpaired) electrons. The molecule has 0 bridgehead atoms. The van der Waals surface area contributed by atoms with Crippen LogP contribution in [-0.4, -0.2) is 39.3 Å². The maximum atomic E-state index is 4.18. The van der Waals surface area contributed by atoms with Crippen LogP contribution in [0.4, 0.5) is 0 Å². The van der Waals surface area contributed by atoms with Crippen LogP contribution >= 0.6 is 0 Å². The van der Waals surface area contributed by atoms with Gasteiger partial charge in [0.25, 0.3) is 0 Å². The molecule has 0 aromatic carbocycles. The molecule has 0 amide bonds. The molecule has 0 saturated carbocycles. The lowest BCUT2D eigenvalue weighted by molar-refractivity contribution is 0.174. The minimum atomic E-state index is 0.719. The smallest absolute Gasteiger partial charge is 0.137 e. The summed E-state index contributed by atoms with van der Waals surface area (Å²) in [6.45, 7) is 8.84. The van der Waals surface area contributed by atoms with Gasteiger partial charge in [-0.25, -0.2) is 4.98 Å². The number of rotatable bonds is 4. The zero-order chi connectivity index (χ0) is 12.1. The molecule has 1 fully saturated rings. The maximum Gasteiger partial charge on any atom is 0.137 e. The van der Waals surface area contributed by atoms with E-state index >= 15 is 0 Å². The maximum absolute atomic E-state index is 4.18. The van der Waals surface area contributed by atoms with Crippen molar-refractivity contribution in [3.05, 3.63) is 24.3 Å². The van der Waals surface area contributed by atoms with Crippen molar-refractivity contribution in [2.45, 2.75) is 33.2 Å². The Hall–Kier alpha value is -1.16. The third-order valence-corrected chi connectivity index (χ3v) is 3.27. The van der Waals surface area contributed by atoms with Crippen LogP contribution in [0.5, 0.6) is 0 Å². The zero-order valence-corrected chi connectivity index (χ0v) is 10.8. The number of allylic oxidation sites excluding steroid dienone is 1. The van der Waals surface area contributed by atoms with Crippen LogP contribution in [0.2, 0.25) is 0 Å². The Kier molecular flexibility index (Phi) is 4.31. The van der Waals surface area contributed by atoms with Gasteiger partial charge in [0.2, 0.25) is 0 Å². The fourth-order valence-corrected chi connectivity index (χ4v) is 2.37. The standard InChI is InChI=1S/C13H22N4/c1-12(2)5-7-16-6-3-4-13(8-16)9-17-11-14-10-15-17/h5,10-11,13H,3-4,6-9H2,1-2H3. The lowest BCUT2D eigenvalue weighted by atomic mass is 9.98. The molecule has 94 valence electrons. The first kappa shape index (κ1) is 12.3. The fourth-order valence-electron chi connectivity index (χ4n) is 2.37. The summed E-state index contributed by atoms with van der Waals surface area (Å²) in [7, 11) is 0. The topological polar surface area (TPSA) is 34.0 Å². The van der Waals surface area contributed by atoms with Gasteiger partial charge in [0.05, 0.1) is 0 Å². The van der Waals surface area contributed by atoms with E-state index in [9.17, 15) is 0 Å². The van der Waals surface area contributed by atoms with E-state index in [-0.39, 0.29) is 0 Å². The first-order chi connectivity index (χ1) is 8.24. The number of nitrogens with zero attached hydrogens (tertiary/aromatic N) is 4. The highest BCUT2D eigenvalue weighted by Crippen LogP contribution is 2.17. The molecule has 1 aliphatic heterocycles. The van der Waals surface area contributed by atoms with Gasteiger partial charge in [-0.15, -0.1) is 0 Å². The lowest BCUT2D eigenvalue weighted by Gasteiger charge is -2.31. The molecular weight excluding hydrogens is 212 g/mol. The van der Waals surface area contributed by atoms with Gasteiger partial charge in [-0.1, -0.05) is 11.6 Å². The second kappa shape index (κ2) is 5.96. The Balaban J connectivity index is 1.82. The van der Waals surface area contributed by atoms with Crippen LogP contribution in [0.15, 0.2) is 24.3 Å². The summed E-state index contributed by atoms with van der Waals surface area (Å²) in [4.78, 5) is 6.53. The minimum absolute atomic E-state index is 0.719. The summed E-state index contributed by atoms with van der Waals surface area (Å²) in [5, 5.41) is 4.18. The third-order valence-electron chi connectivity index (χ3n) is 3.27. The fraction of sp³-hybridized carbons (Fsp3) is 0.692. The lowest BCUT2D eigenvalue weighted by Crippen LogP contribution is -2.37. The molecule has 1 aromatic heterocycles. The van der Waals surface area contributed by atoms with E-state index in [1.54, 1.807) is 6.33 Å².